The van der Waals surface area contributed by atoms with Crippen molar-refractivity contribution in [2.75, 3.05) is 0 Å². The van der Waals surface area contributed by atoms with E-state index in [-0.39, 0.29) is 0 Å². The van der Waals surface area contributed by atoms with Crippen molar-refractivity contribution >= 4 is 6.71 Å². The molecular formula is C13H29B. The molecule has 0 fully saturated rings. The highest BCUT2D eigenvalue weighted by atomic mass is 14.2. The molecule has 84 valence electrons. The molecule has 0 aromatic carbocycles. The first kappa shape index (κ1) is 14.1. The normalized spacial score (nSPS) is 13.1. The van der Waals surface area contributed by atoms with Crippen LogP contribution < -0.4 is 0 Å². The third-order valence-corrected chi connectivity index (χ3v) is 3.27. The summed E-state index contributed by atoms with van der Waals surface area (Å²) in [7, 11) is 0. The summed E-state index contributed by atoms with van der Waals surface area (Å²) in [6, 6.07) is 0. The Morgan fingerprint density at radius 2 is 1.21 bits per heavy atom. The van der Waals surface area contributed by atoms with Gasteiger partial charge >= 0.3 is 0 Å². The molecule has 0 aromatic heterocycles. The molecule has 0 aliphatic rings. The fourth-order valence-electron chi connectivity index (χ4n) is 3.76. The van der Waals surface area contributed by atoms with Gasteiger partial charge in [-0.25, -0.2) is 0 Å². The molecule has 0 unspecified atom stereocenters. The van der Waals surface area contributed by atoms with Gasteiger partial charge in [-0.3, -0.25) is 0 Å². The van der Waals surface area contributed by atoms with Crippen LogP contribution in [0.5, 0.6) is 0 Å². The first-order valence-corrected chi connectivity index (χ1v) is 6.18. The summed E-state index contributed by atoms with van der Waals surface area (Å²) in [5.41, 5.74) is 0. The Hall–Kier alpha value is 0.0649. The van der Waals surface area contributed by atoms with Crippen LogP contribution in [0.1, 0.15) is 61.8 Å². The molecule has 0 bridgehead atoms. The van der Waals surface area contributed by atoms with Gasteiger partial charge in [-0.1, -0.05) is 78.8 Å². The second-order valence-corrected chi connectivity index (χ2v) is 6.60. The minimum absolute atomic E-state index is 0.483. The van der Waals surface area contributed by atoms with E-state index < -0.39 is 0 Å². The van der Waals surface area contributed by atoms with Crippen LogP contribution in [-0.2, 0) is 0 Å². The third-order valence-electron chi connectivity index (χ3n) is 3.27. The Morgan fingerprint density at radius 3 is 1.43 bits per heavy atom. The lowest BCUT2D eigenvalue weighted by atomic mass is 9.23. The van der Waals surface area contributed by atoms with Gasteiger partial charge in [-0.05, 0) is 5.92 Å². The van der Waals surface area contributed by atoms with Crippen molar-refractivity contribution in [3.8, 4) is 0 Å². The van der Waals surface area contributed by atoms with Gasteiger partial charge in [0.1, 0.15) is 0 Å². The highest BCUT2D eigenvalue weighted by Crippen LogP contribution is 2.45. The van der Waals surface area contributed by atoms with Crippen LogP contribution in [0.15, 0.2) is 0 Å². The molecule has 0 nitrogen and oxygen atoms in total. The Bertz CT molecular complexity index is 149. The zero-order valence-corrected chi connectivity index (χ0v) is 11.5. The van der Waals surface area contributed by atoms with Gasteiger partial charge in [0.15, 0.2) is 6.71 Å². The second kappa shape index (κ2) is 5.23. The van der Waals surface area contributed by atoms with Crippen molar-refractivity contribution in [2.24, 2.45) is 5.92 Å². The quantitative estimate of drug-likeness (QED) is 0.535. The van der Waals surface area contributed by atoms with Gasteiger partial charge in [0.25, 0.3) is 0 Å². The maximum absolute atomic E-state index is 2.44. The van der Waals surface area contributed by atoms with Gasteiger partial charge in [-0.2, -0.15) is 0 Å². The van der Waals surface area contributed by atoms with Crippen molar-refractivity contribution in [3.05, 3.63) is 0 Å². The average Bonchev–Trinajstić information content (AvgIpc) is 1.77. The summed E-state index contributed by atoms with van der Waals surface area (Å²) >= 11 is 0. The van der Waals surface area contributed by atoms with Crippen LogP contribution in [0.25, 0.3) is 0 Å². The average molecular weight is 196 g/mol. The van der Waals surface area contributed by atoms with Crippen LogP contribution in [0.4, 0.5) is 0 Å². The molecule has 0 rings (SSSR count). The molecule has 0 saturated heterocycles. The molecule has 1 heteroatoms. The molecule has 14 heavy (non-hydrogen) atoms. The monoisotopic (exact) mass is 196 g/mol. The SMILES string of the molecule is CC(C)CC(C)(C)B(C(C)C)C(C)C. The molecule has 0 radical (unpaired) electrons. The van der Waals surface area contributed by atoms with Crippen molar-refractivity contribution in [3.63, 3.8) is 0 Å². The first-order chi connectivity index (χ1) is 6.18. The lowest BCUT2D eigenvalue weighted by Gasteiger charge is -2.38. The van der Waals surface area contributed by atoms with Crippen LogP contribution in [0.2, 0.25) is 16.9 Å². The van der Waals surface area contributed by atoms with Crippen molar-refractivity contribution in [1.29, 1.82) is 0 Å². The molecule has 0 aromatic rings. The molecule has 0 aliphatic heterocycles. The molecule has 0 saturated carbocycles. The largest absolute Gasteiger partial charge is 0.151 e. The zero-order valence-electron chi connectivity index (χ0n) is 11.5. The smallest absolute Gasteiger partial charge is 0.0693 e. The van der Waals surface area contributed by atoms with Crippen LogP contribution in [0, 0.1) is 5.92 Å². The summed E-state index contributed by atoms with van der Waals surface area (Å²) in [5, 5.41) is 0.483. The highest BCUT2D eigenvalue weighted by Gasteiger charge is 2.37. The molecule has 0 spiro atoms. The van der Waals surface area contributed by atoms with Gasteiger partial charge in [0, 0.05) is 0 Å². The summed E-state index contributed by atoms with van der Waals surface area (Å²) in [5.74, 6) is 2.40. The topological polar surface area (TPSA) is 0 Å². The number of hydrogen-bond acceptors (Lipinski definition) is 0. The Labute approximate surface area is 91.9 Å². The standard InChI is InChI=1S/C13H29B/c1-10(2)9-13(7,8)14(11(3)4)12(5)6/h10-12H,9H2,1-8H3. The summed E-state index contributed by atoms with van der Waals surface area (Å²) in [6.07, 6.45) is 1.34. The number of rotatable bonds is 5. The maximum Gasteiger partial charge on any atom is 0.151 e. The van der Waals surface area contributed by atoms with E-state index in [0.717, 1.165) is 24.3 Å². The van der Waals surface area contributed by atoms with E-state index in [1.807, 2.05) is 0 Å². The lowest BCUT2D eigenvalue weighted by Crippen LogP contribution is -2.34. The van der Waals surface area contributed by atoms with E-state index in [0.29, 0.717) is 5.31 Å². The Balaban J connectivity index is 4.62. The predicted octanol–water partition coefficient (Wildman–Crippen LogP) is 5.13. The number of hydrogen-bond donors (Lipinski definition) is 0. The molecular weight excluding hydrogens is 167 g/mol. The molecule has 0 amide bonds. The van der Waals surface area contributed by atoms with E-state index >= 15 is 0 Å². The zero-order chi connectivity index (χ0) is 11.5. The van der Waals surface area contributed by atoms with Crippen molar-refractivity contribution < 1.29 is 0 Å². The van der Waals surface area contributed by atoms with E-state index in [4.69, 9.17) is 0 Å². The van der Waals surface area contributed by atoms with E-state index in [9.17, 15) is 0 Å². The van der Waals surface area contributed by atoms with Gasteiger partial charge < -0.3 is 0 Å². The summed E-state index contributed by atoms with van der Waals surface area (Å²) < 4.78 is 0. The molecule has 0 aliphatic carbocycles. The molecule has 0 heterocycles. The van der Waals surface area contributed by atoms with Crippen LogP contribution in [0.3, 0.4) is 0 Å². The third kappa shape index (κ3) is 4.06. The lowest BCUT2D eigenvalue weighted by molar-refractivity contribution is 0.466. The Kier molecular flexibility index (Phi) is 5.26. The fraction of sp³-hybridized carbons (Fsp3) is 1.00. The second-order valence-electron chi connectivity index (χ2n) is 6.60. The van der Waals surface area contributed by atoms with Crippen LogP contribution in [-0.4, -0.2) is 6.71 Å². The van der Waals surface area contributed by atoms with E-state index in [1.54, 1.807) is 0 Å². The molecule has 0 N–H and O–H groups in total. The molecule has 0 atom stereocenters. The predicted molar refractivity (Wildman–Crippen MR) is 69.4 cm³/mol. The fourth-order valence-corrected chi connectivity index (χ4v) is 3.76. The van der Waals surface area contributed by atoms with Gasteiger partial charge in [0.05, 0.1) is 0 Å². The Morgan fingerprint density at radius 1 is 0.857 bits per heavy atom. The minimum atomic E-state index is 0.483. The van der Waals surface area contributed by atoms with E-state index in [1.165, 1.54) is 6.42 Å². The maximum atomic E-state index is 2.44. The first-order valence-electron chi connectivity index (χ1n) is 6.18. The van der Waals surface area contributed by atoms with Crippen molar-refractivity contribution in [1.82, 2.24) is 0 Å². The summed E-state index contributed by atoms with van der Waals surface area (Å²) in [6.45, 7) is 19.9. The van der Waals surface area contributed by atoms with E-state index in [2.05, 4.69) is 55.4 Å². The minimum Gasteiger partial charge on any atom is -0.0693 e. The van der Waals surface area contributed by atoms with Crippen molar-refractivity contribution in [2.45, 2.75) is 78.8 Å². The summed E-state index contributed by atoms with van der Waals surface area (Å²) in [4.78, 5) is 0. The van der Waals surface area contributed by atoms with Gasteiger partial charge in [0.2, 0.25) is 0 Å². The van der Waals surface area contributed by atoms with Crippen LogP contribution >= 0.6 is 0 Å². The van der Waals surface area contributed by atoms with Gasteiger partial charge in [-0.15, -0.1) is 0 Å². The highest BCUT2D eigenvalue weighted by molar-refractivity contribution is 6.64.